The summed E-state index contributed by atoms with van der Waals surface area (Å²) in [6.07, 6.45) is 1.46. The Morgan fingerprint density at radius 1 is 1.00 bits per heavy atom. The number of amides is 1. The van der Waals surface area contributed by atoms with Gasteiger partial charge in [0.2, 0.25) is 0 Å². The highest BCUT2D eigenvalue weighted by Gasteiger charge is 2.29. The number of nitrogens with one attached hydrogen (secondary N) is 1. The van der Waals surface area contributed by atoms with Gasteiger partial charge in [0.1, 0.15) is 0 Å². The predicted molar refractivity (Wildman–Crippen MR) is 118 cm³/mol. The topological polar surface area (TPSA) is 66.5 Å². The fraction of sp³-hybridized carbons (Fsp3) is 0.208. The largest absolute Gasteiger partial charge is 0.348 e. The second-order valence-corrected chi connectivity index (χ2v) is 9.37. The molecule has 4 rings (SSSR count). The van der Waals surface area contributed by atoms with Gasteiger partial charge in [0.25, 0.3) is 15.9 Å². The highest BCUT2D eigenvalue weighted by Crippen LogP contribution is 2.32. The molecule has 30 heavy (non-hydrogen) atoms. The van der Waals surface area contributed by atoms with E-state index in [9.17, 15) is 13.2 Å². The third kappa shape index (κ3) is 4.09. The lowest BCUT2D eigenvalue weighted by atomic mass is 10.0. The molecule has 1 aliphatic rings. The summed E-state index contributed by atoms with van der Waals surface area (Å²) in [5.74, 6) is -0.167. The first-order valence-electron chi connectivity index (χ1n) is 9.99. The molecule has 0 unspecified atom stereocenters. The van der Waals surface area contributed by atoms with Gasteiger partial charge < -0.3 is 5.32 Å². The Morgan fingerprint density at radius 3 is 2.47 bits per heavy atom. The minimum Gasteiger partial charge on any atom is -0.348 e. The van der Waals surface area contributed by atoms with E-state index in [0.29, 0.717) is 30.8 Å². The average molecular weight is 421 g/mol. The molecule has 0 radical (unpaired) electrons. The molecule has 3 aromatic carbocycles. The highest BCUT2D eigenvalue weighted by atomic mass is 32.2. The summed E-state index contributed by atoms with van der Waals surface area (Å²) in [5, 5.41) is 2.92. The molecule has 1 amide bonds. The number of anilines is 1. The van der Waals surface area contributed by atoms with Gasteiger partial charge in [-0.05, 0) is 61.2 Å². The van der Waals surface area contributed by atoms with E-state index in [1.165, 1.54) is 4.31 Å². The zero-order valence-corrected chi connectivity index (χ0v) is 17.7. The summed E-state index contributed by atoms with van der Waals surface area (Å²) in [4.78, 5) is 12.9. The number of carbonyl (C=O) groups excluding carboxylic acids is 1. The van der Waals surface area contributed by atoms with Crippen LogP contribution in [0.4, 0.5) is 5.69 Å². The molecule has 5 nitrogen and oxygen atoms in total. The molecule has 154 valence electrons. The van der Waals surface area contributed by atoms with E-state index in [-0.39, 0.29) is 10.8 Å². The van der Waals surface area contributed by atoms with Crippen LogP contribution >= 0.6 is 0 Å². The Hall–Kier alpha value is -3.12. The van der Waals surface area contributed by atoms with Crippen molar-refractivity contribution in [3.63, 3.8) is 0 Å². The van der Waals surface area contributed by atoms with Crippen LogP contribution in [0.1, 0.15) is 33.5 Å². The van der Waals surface area contributed by atoms with Crippen molar-refractivity contribution in [2.75, 3.05) is 10.8 Å². The number of sulfonamides is 1. The van der Waals surface area contributed by atoms with Gasteiger partial charge in [-0.15, -0.1) is 0 Å². The van der Waals surface area contributed by atoms with E-state index in [1.807, 2.05) is 43.3 Å². The van der Waals surface area contributed by atoms with Crippen molar-refractivity contribution >= 4 is 21.6 Å². The molecule has 0 aromatic heterocycles. The van der Waals surface area contributed by atoms with Crippen molar-refractivity contribution in [2.45, 2.75) is 31.2 Å². The molecular formula is C24H24N2O3S. The van der Waals surface area contributed by atoms with Gasteiger partial charge >= 0.3 is 0 Å². The number of hydrogen-bond acceptors (Lipinski definition) is 3. The normalized spacial score (nSPS) is 13.6. The molecular weight excluding hydrogens is 396 g/mol. The van der Waals surface area contributed by atoms with E-state index >= 15 is 0 Å². The lowest BCUT2D eigenvalue weighted by Gasteiger charge is -2.30. The molecule has 0 bridgehead atoms. The molecule has 1 heterocycles. The number of rotatable bonds is 5. The van der Waals surface area contributed by atoms with Crippen LogP contribution in [0.3, 0.4) is 0 Å². The van der Waals surface area contributed by atoms with Crippen molar-refractivity contribution < 1.29 is 13.2 Å². The standard InChI is InChI=1S/C24H24N2O3S/c1-18-9-12-22(13-10-18)30(28,29)26-15-5-8-20-16-21(11-14-23(20)26)24(27)25-17-19-6-3-2-4-7-19/h2-4,6-7,9-14,16H,5,8,15,17H2,1H3,(H,25,27). The summed E-state index contributed by atoms with van der Waals surface area (Å²) in [5.41, 5.74) is 4.11. The quantitative estimate of drug-likeness (QED) is 0.677. The van der Waals surface area contributed by atoms with Crippen LogP contribution in [0.15, 0.2) is 77.7 Å². The maximum Gasteiger partial charge on any atom is 0.264 e. The van der Waals surface area contributed by atoms with Gasteiger partial charge in [0, 0.05) is 18.7 Å². The monoisotopic (exact) mass is 420 g/mol. The Kier molecular flexibility index (Phi) is 5.59. The molecule has 1 aliphatic heterocycles. The number of aryl methyl sites for hydroxylation is 2. The number of hydrogen-bond donors (Lipinski definition) is 1. The van der Waals surface area contributed by atoms with Crippen LogP contribution in [-0.2, 0) is 23.0 Å². The minimum absolute atomic E-state index is 0.167. The third-order valence-electron chi connectivity index (χ3n) is 5.32. The zero-order chi connectivity index (χ0) is 21.1. The Balaban J connectivity index is 1.56. The lowest BCUT2D eigenvalue weighted by Crippen LogP contribution is -2.35. The zero-order valence-electron chi connectivity index (χ0n) is 16.8. The van der Waals surface area contributed by atoms with Crippen LogP contribution in [0.25, 0.3) is 0 Å². The van der Waals surface area contributed by atoms with Gasteiger partial charge in [-0.3, -0.25) is 9.10 Å². The number of benzene rings is 3. The van der Waals surface area contributed by atoms with Crippen molar-refractivity contribution in [3.8, 4) is 0 Å². The minimum atomic E-state index is -3.64. The van der Waals surface area contributed by atoms with Crippen molar-refractivity contribution in [1.29, 1.82) is 0 Å². The second-order valence-electron chi connectivity index (χ2n) is 7.51. The molecule has 3 aromatic rings. The molecule has 0 saturated carbocycles. The third-order valence-corrected chi connectivity index (χ3v) is 7.15. The summed E-state index contributed by atoms with van der Waals surface area (Å²) in [6.45, 7) is 2.81. The van der Waals surface area contributed by atoms with Gasteiger partial charge in [-0.25, -0.2) is 8.42 Å². The van der Waals surface area contributed by atoms with Gasteiger partial charge in [0.05, 0.1) is 10.6 Å². The van der Waals surface area contributed by atoms with E-state index in [4.69, 9.17) is 0 Å². The second kappa shape index (κ2) is 8.32. The maximum absolute atomic E-state index is 13.2. The van der Waals surface area contributed by atoms with Crippen LogP contribution < -0.4 is 9.62 Å². The van der Waals surface area contributed by atoms with Gasteiger partial charge in [-0.2, -0.15) is 0 Å². The van der Waals surface area contributed by atoms with Crippen LogP contribution in [0, 0.1) is 6.92 Å². The Labute approximate surface area is 177 Å². The average Bonchev–Trinajstić information content (AvgIpc) is 2.77. The smallest absolute Gasteiger partial charge is 0.264 e. The number of fused-ring (bicyclic) bond motifs is 1. The summed E-state index contributed by atoms with van der Waals surface area (Å²) in [6, 6.07) is 21.9. The molecule has 0 aliphatic carbocycles. The van der Waals surface area contributed by atoms with Crippen LogP contribution in [-0.4, -0.2) is 20.9 Å². The SMILES string of the molecule is Cc1ccc(S(=O)(=O)N2CCCc3cc(C(=O)NCc4ccccc4)ccc32)cc1. The predicted octanol–water partition coefficient (Wildman–Crippen LogP) is 4.07. The molecule has 0 saturated heterocycles. The highest BCUT2D eigenvalue weighted by molar-refractivity contribution is 7.92. The summed E-state index contributed by atoms with van der Waals surface area (Å²) < 4.78 is 27.8. The van der Waals surface area contributed by atoms with E-state index in [1.54, 1.807) is 36.4 Å². The summed E-state index contributed by atoms with van der Waals surface area (Å²) >= 11 is 0. The fourth-order valence-corrected chi connectivity index (χ4v) is 5.21. The molecule has 0 atom stereocenters. The van der Waals surface area contributed by atoms with Gasteiger partial charge in [-0.1, -0.05) is 48.0 Å². The van der Waals surface area contributed by atoms with Crippen LogP contribution in [0.2, 0.25) is 0 Å². The van der Waals surface area contributed by atoms with Crippen LogP contribution in [0.5, 0.6) is 0 Å². The fourth-order valence-electron chi connectivity index (χ4n) is 3.67. The molecule has 6 heteroatoms. The Morgan fingerprint density at radius 2 is 1.73 bits per heavy atom. The number of nitrogens with zero attached hydrogens (tertiary/aromatic N) is 1. The van der Waals surface area contributed by atoms with Gasteiger partial charge in [0.15, 0.2) is 0 Å². The van der Waals surface area contributed by atoms with Crippen molar-refractivity contribution in [2.24, 2.45) is 0 Å². The number of carbonyl (C=O) groups is 1. The Bertz CT molecular complexity index is 1160. The van der Waals surface area contributed by atoms with Crippen molar-refractivity contribution in [3.05, 3.63) is 95.1 Å². The lowest BCUT2D eigenvalue weighted by molar-refractivity contribution is 0.0951. The molecule has 0 fully saturated rings. The maximum atomic E-state index is 13.2. The molecule has 1 N–H and O–H groups in total. The van der Waals surface area contributed by atoms with Crippen molar-refractivity contribution in [1.82, 2.24) is 5.32 Å². The first-order valence-corrected chi connectivity index (χ1v) is 11.4. The molecule has 0 spiro atoms. The summed E-state index contributed by atoms with van der Waals surface area (Å²) in [7, 11) is -3.64. The van der Waals surface area contributed by atoms with E-state index in [2.05, 4.69) is 5.32 Å². The first-order chi connectivity index (χ1) is 14.4. The van der Waals surface area contributed by atoms with E-state index in [0.717, 1.165) is 23.1 Å². The first kappa shape index (κ1) is 20.2. The van der Waals surface area contributed by atoms with E-state index < -0.39 is 10.0 Å².